The number of ether oxygens (including phenoxy) is 1. The summed E-state index contributed by atoms with van der Waals surface area (Å²) >= 11 is 1.52. The number of anilines is 1. The third-order valence-corrected chi connectivity index (χ3v) is 14.6. The number of hydrogen-bond donors (Lipinski definition) is 0. The first-order chi connectivity index (χ1) is 28.4. The van der Waals surface area contributed by atoms with Gasteiger partial charge in [-0.2, -0.15) is 13.2 Å². The fourth-order valence-corrected chi connectivity index (χ4v) is 10.6. The van der Waals surface area contributed by atoms with E-state index in [-0.39, 0.29) is 40.8 Å². The van der Waals surface area contributed by atoms with E-state index in [4.69, 9.17) is 9.72 Å². The van der Waals surface area contributed by atoms with Crippen molar-refractivity contribution in [3.63, 3.8) is 0 Å². The maximum absolute atomic E-state index is 15.0. The number of benzene rings is 1. The summed E-state index contributed by atoms with van der Waals surface area (Å²) < 4.78 is 53.3. The number of nitrogens with zero attached hydrogens (tertiary/aromatic N) is 7. The Kier molecular flexibility index (Phi) is 12.9. The number of alkyl halides is 3. The van der Waals surface area contributed by atoms with Crippen molar-refractivity contribution < 1.29 is 36.8 Å². The second-order valence-electron chi connectivity index (χ2n) is 18.7. The normalized spacial score (nSPS) is 22.8. The minimum Gasteiger partial charge on any atom is -0.379 e. The number of unbranched alkanes of at least 4 members (excludes halogenated alkanes) is 3. The maximum atomic E-state index is 15.0. The molecular weight excluding hydrogens is 792 g/mol. The molecule has 3 fully saturated rings. The second kappa shape index (κ2) is 17.5. The number of carbonyl (C=O) groups is 3. The number of pyridine rings is 1. The average molecular weight is 853 g/mol. The molecule has 7 rings (SSSR count). The van der Waals surface area contributed by atoms with Crippen molar-refractivity contribution in [1.82, 2.24) is 24.6 Å². The molecule has 6 heterocycles. The van der Waals surface area contributed by atoms with E-state index in [0.29, 0.717) is 72.4 Å². The van der Waals surface area contributed by atoms with Crippen LogP contribution in [0.15, 0.2) is 35.6 Å². The Bertz CT molecular complexity index is 2070. The molecule has 4 aliphatic rings. The Labute approximate surface area is 356 Å². The van der Waals surface area contributed by atoms with E-state index >= 15 is 13.2 Å². The highest BCUT2D eigenvalue weighted by molar-refractivity contribution is 7.99. The highest BCUT2D eigenvalue weighted by Gasteiger charge is 2.46. The molecular formula is C45H61F3N7O4S+. The first-order valence-electron chi connectivity index (χ1n) is 21.7. The van der Waals surface area contributed by atoms with Crippen LogP contribution in [0, 0.1) is 17.3 Å². The van der Waals surface area contributed by atoms with E-state index in [2.05, 4.69) is 31.0 Å². The number of likely N-dealkylation sites (tertiary alicyclic amines) is 2. The SMILES string of the molecule is CCSc1cc(C2(Cc3nncn3C)COC2)cc(N2Cc3c(cc(C[N+]4(CCCCCCN5C(=O)CC(C)(C(C)C)CC5=O)CCC[C@H](C)C4)cc3C(F)(F)F)C2=O)n1. The van der Waals surface area contributed by atoms with Crippen LogP contribution >= 0.6 is 11.8 Å². The Balaban J connectivity index is 1.08. The van der Waals surface area contributed by atoms with Gasteiger partial charge in [-0.25, -0.2) is 4.98 Å². The highest BCUT2D eigenvalue weighted by atomic mass is 32.2. The molecule has 4 aliphatic heterocycles. The molecule has 1 unspecified atom stereocenters. The van der Waals surface area contributed by atoms with Gasteiger partial charge in [0.15, 0.2) is 0 Å². The van der Waals surface area contributed by atoms with Crippen LogP contribution in [0.2, 0.25) is 0 Å². The van der Waals surface area contributed by atoms with Gasteiger partial charge in [-0.3, -0.25) is 24.2 Å². The number of imide groups is 1. The van der Waals surface area contributed by atoms with Crippen LogP contribution in [0.5, 0.6) is 0 Å². The number of quaternary nitrogens is 1. The average Bonchev–Trinajstić information content (AvgIpc) is 3.72. The molecule has 0 radical (unpaired) electrons. The van der Waals surface area contributed by atoms with E-state index in [1.165, 1.54) is 27.6 Å². The predicted molar refractivity (Wildman–Crippen MR) is 224 cm³/mol. The van der Waals surface area contributed by atoms with E-state index < -0.39 is 23.1 Å². The molecule has 3 aromatic rings. The van der Waals surface area contributed by atoms with Gasteiger partial charge in [0.05, 0.1) is 50.0 Å². The molecule has 0 saturated carbocycles. The van der Waals surface area contributed by atoms with Crippen molar-refractivity contribution in [3.8, 4) is 0 Å². The number of thioether (sulfide) groups is 1. The lowest BCUT2D eigenvalue weighted by Gasteiger charge is -2.44. The van der Waals surface area contributed by atoms with Crippen molar-refractivity contribution in [2.24, 2.45) is 24.3 Å². The van der Waals surface area contributed by atoms with Crippen LogP contribution in [0.3, 0.4) is 0 Å². The lowest BCUT2D eigenvalue weighted by Crippen LogP contribution is -2.53. The minimum atomic E-state index is -4.65. The topological polar surface area (TPSA) is 111 Å². The minimum absolute atomic E-state index is 0.00742. The monoisotopic (exact) mass is 852 g/mol. The zero-order valence-corrected chi connectivity index (χ0v) is 36.9. The predicted octanol–water partition coefficient (Wildman–Crippen LogP) is 8.13. The summed E-state index contributed by atoms with van der Waals surface area (Å²) in [5, 5.41) is 9.03. The molecule has 1 aromatic carbocycles. The largest absolute Gasteiger partial charge is 0.416 e. The van der Waals surface area contributed by atoms with Crippen LogP contribution in [-0.2, 0) is 52.5 Å². The molecule has 0 N–H and O–H groups in total. The first-order valence-corrected chi connectivity index (χ1v) is 22.7. The smallest absolute Gasteiger partial charge is 0.379 e. The molecule has 2 aromatic heterocycles. The Hall–Kier alpha value is -3.82. The van der Waals surface area contributed by atoms with Crippen molar-refractivity contribution in [1.29, 1.82) is 0 Å². The van der Waals surface area contributed by atoms with Crippen LogP contribution in [-0.4, -0.2) is 92.0 Å². The van der Waals surface area contributed by atoms with Gasteiger partial charge < -0.3 is 13.8 Å². The summed E-state index contributed by atoms with van der Waals surface area (Å²) in [5.74, 6) is 1.88. The van der Waals surface area contributed by atoms with Gasteiger partial charge in [-0.05, 0) is 84.6 Å². The highest BCUT2D eigenvalue weighted by Crippen LogP contribution is 2.43. The third kappa shape index (κ3) is 9.18. The molecule has 2 atom stereocenters. The fourth-order valence-electron chi connectivity index (χ4n) is 9.89. The molecule has 60 heavy (non-hydrogen) atoms. The third-order valence-electron chi connectivity index (χ3n) is 13.9. The van der Waals surface area contributed by atoms with Gasteiger partial charge in [0.25, 0.3) is 5.91 Å². The summed E-state index contributed by atoms with van der Waals surface area (Å²) in [4.78, 5) is 47.9. The molecule has 11 nitrogen and oxygen atoms in total. The second-order valence-corrected chi connectivity index (χ2v) is 20.0. The van der Waals surface area contributed by atoms with E-state index in [1.54, 1.807) is 12.4 Å². The number of hydrogen-bond acceptors (Lipinski definition) is 8. The number of fused-ring (bicyclic) bond motifs is 1. The van der Waals surface area contributed by atoms with Gasteiger partial charge in [0, 0.05) is 55.3 Å². The van der Waals surface area contributed by atoms with Crippen molar-refractivity contribution in [2.45, 2.75) is 122 Å². The Morgan fingerprint density at radius 3 is 2.38 bits per heavy atom. The Morgan fingerprint density at radius 1 is 1.03 bits per heavy atom. The van der Waals surface area contributed by atoms with Crippen molar-refractivity contribution in [3.05, 3.63) is 64.2 Å². The molecule has 326 valence electrons. The van der Waals surface area contributed by atoms with Gasteiger partial charge in [-0.15, -0.1) is 22.0 Å². The van der Waals surface area contributed by atoms with Gasteiger partial charge in [0.1, 0.15) is 24.5 Å². The summed E-state index contributed by atoms with van der Waals surface area (Å²) in [7, 11) is 1.89. The lowest BCUT2D eigenvalue weighted by atomic mass is 9.71. The zero-order valence-electron chi connectivity index (χ0n) is 36.1. The summed E-state index contributed by atoms with van der Waals surface area (Å²) in [6.07, 6.45) is 3.77. The molecule has 0 bridgehead atoms. The fraction of sp³-hybridized carbons (Fsp3) is 0.644. The first kappa shape index (κ1) is 44.2. The summed E-state index contributed by atoms with van der Waals surface area (Å²) in [6.45, 7) is 14.4. The molecule has 3 saturated heterocycles. The van der Waals surface area contributed by atoms with E-state index in [1.807, 2.05) is 37.6 Å². The lowest BCUT2D eigenvalue weighted by molar-refractivity contribution is -0.948. The van der Waals surface area contributed by atoms with Crippen LogP contribution in [0.1, 0.15) is 124 Å². The van der Waals surface area contributed by atoms with Gasteiger partial charge in [-0.1, -0.05) is 41.0 Å². The van der Waals surface area contributed by atoms with Gasteiger partial charge in [0.2, 0.25) is 11.8 Å². The molecule has 3 amide bonds. The van der Waals surface area contributed by atoms with E-state index in [9.17, 15) is 14.4 Å². The quantitative estimate of drug-likeness (QED) is 0.0616. The van der Waals surface area contributed by atoms with Crippen LogP contribution < -0.4 is 4.90 Å². The summed E-state index contributed by atoms with van der Waals surface area (Å²) in [6, 6.07) is 6.85. The maximum Gasteiger partial charge on any atom is 0.416 e. The Morgan fingerprint density at radius 2 is 1.77 bits per heavy atom. The van der Waals surface area contributed by atoms with Crippen molar-refractivity contribution >= 4 is 35.3 Å². The number of aromatic nitrogens is 4. The molecule has 0 spiro atoms. The summed E-state index contributed by atoms with van der Waals surface area (Å²) in [5.41, 5.74) is 0.0332. The van der Waals surface area contributed by atoms with E-state index in [0.717, 1.165) is 75.3 Å². The van der Waals surface area contributed by atoms with Crippen LogP contribution in [0.25, 0.3) is 0 Å². The number of halogens is 3. The number of piperidine rings is 2. The van der Waals surface area contributed by atoms with Gasteiger partial charge >= 0.3 is 6.18 Å². The number of carbonyl (C=O) groups excluding carboxylic acids is 3. The standard InChI is InChI=1S/C45H61F3N7O4S/c1-7-60-39-20-33(44(27-59-28-44)21-38-51-49-29-52(38)6)19-37(50-39)54-24-35-34(42(54)58)17-32(18-36(35)45(46,47)48)26-55(16-12-13-31(4)25-55)15-11-9-8-10-14-53-40(56)22-43(5,30(2)3)23-41(53)57/h17-20,29-31H,7-16,21-28H2,1-6H3/q+1/t31-,55?/m0/s1. The zero-order chi connectivity index (χ0) is 43.0. The van der Waals surface area contributed by atoms with Crippen molar-refractivity contribution in [2.75, 3.05) is 50.0 Å². The number of rotatable bonds is 16. The van der Waals surface area contributed by atoms with Crippen LogP contribution in [0.4, 0.5) is 19.0 Å². The molecule has 0 aliphatic carbocycles. The number of aryl methyl sites for hydroxylation is 1. The number of amides is 3. The molecule has 15 heteroatoms.